The topological polar surface area (TPSA) is 12.0 Å². The van der Waals surface area contributed by atoms with Crippen molar-refractivity contribution in [3.63, 3.8) is 0 Å². The molecule has 2 aliphatic rings. The summed E-state index contributed by atoms with van der Waals surface area (Å²) < 4.78 is 0. The second-order valence-electron chi connectivity index (χ2n) is 6.42. The van der Waals surface area contributed by atoms with Crippen LogP contribution in [0.25, 0.3) is 0 Å². The molecule has 20 heavy (non-hydrogen) atoms. The highest BCUT2D eigenvalue weighted by molar-refractivity contribution is 5.30. The first-order chi connectivity index (χ1) is 9.90. The summed E-state index contributed by atoms with van der Waals surface area (Å²) in [5.74, 6) is 1.59. The van der Waals surface area contributed by atoms with Crippen LogP contribution in [0, 0.1) is 5.92 Å². The highest BCUT2D eigenvalue weighted by atomic mass is 14.9. The van der Waals surface area contributed by atoms with Crippen molar-refractivity contribution in [2.24, 2.45) is 5.92 Å². The lowest BCUT2D eigenvalue weighted by Gasteiger charge is -2.22. The molecule has 0 amide bonds. The van der Waals surface area contributed by atoms with E-state index >= 15 is 0 Å². The molecule has 108 valence electrons. The van der Waals surface area contributed by atoms with Crippen molar-refractivity contribution >= 4 is 0 Å². The van der Waals surface area contributed by atoms with E-state index in [0.717, 1.165) is 11.8 Å². The molecule has 0 aliphatic heterocycles. The van der Waals surface area contributed by atoms with Gasteiger partial charge in [-0.2, -0.15) is 0 Å². The van der Waals surface area contributed by atoms with Crippen LogP contribution >= 0.6 is 0 Å². The van der Waals surface area contributed by atoms with Gasteiger partial charge in [-0.25, -0.2) is 0 Å². The van der Waals surface area contributed by atoms with Crippen LogP contribution in [0.15, 0.2) is 42.0 Å². The van der Waals surface area contributed by atoms with Gasteiger partial charge in [0.15, 0.2) is 0 Å². The van der Waals surface area contributed by atoms with E-state index < -0.39 is 0 Å². The van der Waals surface area contributed by atoms with E-state index in [1.807, 2.05) is 0 Å². The van der Waals surface area contributed by atoms with Crippen molar-refractivity contribution in [3.8, 4) is 0 Å². The van der Waals surface area contributed by atoms with Crippen LogP contribution in [-0.2, 0) is 0 Å². The molecule has 3 rings (SSSR count). The zero-order valence-electron chi connectivity index (χ0n) is 12.6. The standard InChI is InChI=1S/C19H27N/c1-20-19(16-12-6-3-2-4-7-13-16)18-14-17(18)15-10-8-5-9-11-15/h5,8-12,17-20H,2-4,6-7,13-14H2,1H3/b16-12+. The first-order valence-corrected chi connectivity index (χ1v) is 8.31. The smallest absolute Gasteiger partial charge is 0.0311 e. The highest BCUT2D eigenvalue weighted by Gasteiger charge is 2.44. The number of rotatable bonds is 4. The van der Waals surface area contributed by atoms with Gasteiger partial charge in [0, 0.05) is 6.04 Å². The summed E-state index contributed by atoms with van der Waals surface area (Å²) in [4.78, 5) is 0. The third-order valence-corrected chi connectivity index (χ3v) is 5.03. The van der Waals surface area contributed by atoms with Crippen LogP contribution in [0.5, 0.6) is 0 Å². The van der Waals surface area contributed by atoms with Crippen molar-refractivity contribution in [2.75, 3.05) is 7.05 Å². The van der Waals surface area contributed by atoms with Crippen molar-refractivity contribution in [2.45, 2.75) is 56.9 Å². The van der Waals surface area contributed by atoms with Crippen LogP contribution in [0.4, 0.5) is 0 Å². The Bertz CT molecular complexity index is 448. The predicted molar refractivity (Wildman–Crippen MR) is 85.9 cm³/mol. The van der Waals surface area contributed by atoms with Crippen LogP contribution in [-0.4, -0.2) is 13.1 Å². The maximum absolute atomic E-state index is 3.61. The second kappa shape index (κ2) is 6.58. The van der Waals surface area contributed by atoms with Crippen molar-refractivity contribution in [1.29, 1.82) is 0 Å². The Hall–Kier alpha value is -1.08. The maximum Gasteiger partial charge on any atom is 0.0311 e. The Balaban J connectivity index is 1.68. The normalized spacial score (nSPS) is 30.8. The molecule has 3 atom stereocenters. The molecule has 0 radical (unpaired) electrons. The van der Waals surface area contributed by atoms with E-state index in [0.29, 0.717) is 6.04 Å². The van der Waals surface area contributed by atoms with Crippen LogP contribution < -0.4 is 5.32 Å². The number of hydrogen-bond acceptors (Lipinski definition) is 1. The molecule has 1 fully saturated rings. The molecule has 1 aromatic carbocycles. The predicted octanol–water partition coefficient (Wildman–Crippen LogP) is 4.66. The molecule has 1 aromatic rings. The lowest BCUT2D eigenvalue weighted by atomic mass is 9.91. The third kappa shape index (κ3) is 3.15. The Labute approximate surface area is 123 Å². The molecule has 0 heterocycles. The number of likely N-dealkylation sites (N-methyl/N-ethyl adjacent to an activating group) is 1. The monoisotopic (exact) mass is 269 g/mol. The van der Waals surface area contributed by atoms with E-state index in [4.69, 9.17) is 0 Å². The molecule has 1 N–H and O–H groups in total. The molecule has 1 saturated carbocycles. The molecule has 0 bridgehead atoms. The summed E-state index contributed by atoms with van der Waals surface area (Å²) in [6.45, 7) is 0. The molecule has 1 nitrogen and oxygen atoms in total. The van der Waals surface area contributed by atoms with Crippen molar-refractivity contribution in [3.05, 3.63) is 47.5 Å². The molecular formula is C19H27N. The van der Waals surface area contributed by atoms with Gasteiger partial charge >= 0.3 is 0 Å². The minimum absolute atomic E-state index is 0.610. The summed E-state index contributed by atoms with van der Waals surface area (Å²) in [6, 6.07) is 11.7. The summed E-state index contributed by atoms with van der Waals surface area (Å²) in [6.07, 6.45) is 12.1. The number of allylic oxidation sites excluding steroid dienone is 1. The van der Waals surface area contributed by atoms with E-state index in [2.05, 4.69) is 48.8 Å². The first-order valence-electron chi connectivity index (χ1n) is 8.31. The van der Waals surface area contributed by atoms with Gasteiger partial charge in [-0.3, -0.25) is 0 Å². The SMILES string of the molecule is CNC(/C1=C/CCCCCC1)C1CC1c1ccccc1. The van der Waals surface area contributed by atoms with Crippen molar-refractivity contribution in [1.82, 2.24) is 5.32 Å². The lowest BCUT2D eigenvalue weighted by Crippen LogP contribution is -2.30. The fourth-order valence-corrected chi connectivity index (χ4v) is 3.84. The lowest BCUT2D eigenvalue weighted by molar-refractivity contribution is 0.514. The Kier molecular flexibility index (Phi) is 4.57. The van der Waals surface area contributed by atoms with Gasteiger partial charge < -0.3 is 5.32 Å². The van der Waals surface area contributed by atoms with Crippen LogP contribution in [0.3, 0.4) is 0 Å². The van der Waals surface area contributed by atoms with E-state index in [1.54, 1.807) is 5.57 Å². The second-order valence-corrected chi connectivity index (χ2v) is 6.42. The first kappa shape index (κ1) is 13.9. The number of benzene rings is 1. The Morgan fingerprint density at radius 3 is 2.65 bits per heavy atom. The van der Waals surface area contributed by atoms with Crippen molar-refractivity contribution < 1.29 is 0 Å². The average molecular weight is 269 g/mol. The number of hydrogen-bond donors (Lipinski definition) is 1. The summed E-state index contributed by atoms with van der Waals surface area (Å²) in [5, 5.41) is 3.61. The molecule has 0 spiro atoms. The van der Waals surface area contributed by atoms with Gasteiger partial charge in [-0.15, -0.1) is 0 Å². The zero-order chi connectivity index (χ0) is 13.8. The Morgan fingerprint density at radius 1 is 1.05 bits per heavy atom. The van der Waals surface area contributed by atoms with E-state index in [1.165, 1.54) is 50.5 Å². The van der Waals surface area contributed by atoms with E-state index in [-0.39, 0.29) is 0 Å². The summed E-state index contributed by atoms with van der Waals surface area (Å²) >= 11 is 0. The molecule has 2 aliphatic carbocycles. The number of nitrogens with one attached hydrogen (secondary N) is 1. The van der Waals surface area contributed by atoms with Crippen LogP contribution in [0.1, 0.15) is 56.4 Å². The largest absolute Gasteiger partial charge is 0.313 e. The molecule has 3 unspecified atom stereocenters. The fraction of sp³-hybridized carbons (Fsp3) is 0.579. The minimum atomic E-state index is 0.610. The third-order valence-electron chi connectivity index (χ3n) is 5.03. The van der Waals surface area contributed by atoms with Gasteiger partial charge in [-0.05, 0) is 56.6 Å². The van der Waals surface area contributed by atoms with Gasteiger partial charge in [0.05, 0.1) is 0 Å². The van der Waals surface area contributed by atoms with Crippen LogP contribution in [0.2, 0.25) is 0 Å². The molecule has 0 saturated heterocycles. The zero-order valence-corrected chi connectivity index (χ0v) is 12.6. The molecule has 0 aromatic heterocycles. The van der Waals surface area contributed by atoms with Gasteiger partial charge in [0.1, 0.15) is 0 Å². The molecular weight excluding hydrogens is 242 g/mol. The van der Waals surface area contributed by atoms with Gasteiger partial charge in [-0.1, -0.05) is 54.8 Å². The highest BCUT2D eigenvalue weighted by Crippen LogP contribution is 2.51. The minimum Gasteiger partial charge on any atom is -0.313 e. The quantitative estimate of drug-likeness (QED) is 0.784. The fourth-order valence-electron chi connectivity index (χ4n) is 3.84. The van der Waals surface area contributed by atoms with E-state index in [9.17, 15) is 0 Å². The summed E-state index contributed by atoms with van der Waals surface area (Å²) in [7, 11) is 2.14. The Morgan fingerprint density at radius 2 is 1.85 bits per heavy atom. The van der Waals surface area contributed by atoms with Gasteiger partial charge in [0.2, 0.25) is 0 Å². The van der Waals surface area contributed by atoms with Gasteiger partial charge in [0.25, 0.3) is 0 Å². The summed E-state index contributed by atoms with van der Waals surface area (Å²) in [5.41, 5.74) is 3.22. The molecule has 1 heteroatoms. The maximum atomic E-state index is 3.61. The average Bonchev–Trinajstić information content (AvgIpc) is 3.23.